The van der Waals surface area contributed by atoms with Crippen molar-refractivity contribution in [2.45, 2.75) is 22.5 Å². The van der Waals surface area contributed by atoms with Gasteiger partial charge in [0, 0.05) is 14.7 Å². The molecule has 1 saturated carbocycles. The molecular formula is C18H16Br2Cl2N2O5. The molecule has 0 unspecified atom stereocenters. The predicted molar refractivity (Wildman–Crippen MR) is 114 cm³/mol. The number of nitrogens with zero attached hydrogens (tertiary/aromatic N) is 1. The van der Waals surface area contributed by atoms with Crippen LogP contribution >= 0.6 is 55.1 Å². The predicted octanol–water partition coefficient (Wildman–Crippen LogP) is 3.40. The van der Waals surface area contributed by atoms with Crippen molar-refractivity contribution in [2.75, 3.05) is 18.5 Å². The topological polar surface area (TPSA) is 92.8 Å². The summed E-state index contributed by atoms with van der Waals surface area (Å²) in [6, 6.07) is 4.53. The van der Waals surface area contributed by atoms with E-state index >= 15 is 0 Å². The average molecular weight is 571 g/mol. The van der Waals surface area contributed by atoms with E-state index in [0.29, 0.717) is 23.6 Å². The second-order valence-corrected chi connectivity index (χ2v) is 10.0. The fraction of sp³-hybridized carbons (Fsp3) is 0.444. The number of carbonyl (C=O) groups excluding carboxylic acids is 4. The van der Waals surface area contributed by atoms with Crippen molar-refractivity contribution < 1.29 is 23.9 Å². The molecular weight excluding hydrogens is 555 g/mol. The van der Waals surface area contributed by atoms with Crippen molar-refractivity contribution in [2.24, 2.45) is 11.8 Å². The monoisotopic (exact) mass is 568 g/mol. The molecule has 1 heterocycles. The summed E-state index contributed by atoms with van der Waals surface area (Å²) in [4.78, 5) is 50.2. The van der Waals surface area contributed by atoms with E-state index in [0.717, 1.165) is 4.90 Å². The van der Waals surface area contributed by atoms with Gasteiger partial charge in [-0.2, -0.15) is 0 Å². The highest BCUT2D eigenvalue weighted by atomic mass is 79.9. The lowest BCUT2D eigenvalue weighted by Gasteiger charge is -2.29. The van der Waals surface area contributed by atoms with Gasteiger partial charge < -0.3 is 10.1 Å². The molecule has 156 valence electrons. The average Bonchev–Trinajstić information content (AvgIpc) is 2.87. The van der Waals surface area contributed by atoms with E-state index in [9.17, 15) is 19.2 Å². The quantitative estimate of drug-likeness (QED) is 0.333. The van der Waals surface area contributed by atoms with Crippen LogP contribution in [0.25, 0.3) is 0 Å². The molecule has 2 aliphatic rings. The summed E-state index contributed by atoms with van der Waals surface area (Å²) in [7, 11) is 0. The van der Waals surface area contributed by atoms with E-state index < -0.39 is 36.9 Å². The molecule has 0 aromatic heterocycles. The van der Waals surface area contributed by atoms with Gasteiger partial charge in [-0.3, -0.25) is 24.1 Å². The number of rotatable bonds is 5. The molecule has 0 bridgehead atoms. The number of imide groups is 1. The Hall–Kier alpha value is -1.16. The minimum absolute atomic E-state index is 0.0794. The molecule has 7 nitrogen and oxygen atoms in total. The van der Waals surface area contributed by atoms with Gasteiger partial charge in [-0.1, -0.05) is 55.1 Å². The smallest absolute Gasteiger partial charge is 0.326 e. The Morgan fingerprint density at radius 1 is 1.10 bits per heavy atom. The molecule has 3 amide bonds. The maximum Gasteiger partial charge on any atom is 0.326 e. The number of likely N-dealkylation sites (tertiary alicyclic amines) is 1. The molecule has 11 heteroatoms. The van der Waals surface area contributed by atoms with Gasteiger partial charge in [-0.15, -0.1) is 0 Å². The molecule has 1 aliphatic heterocycles. The van der Waals surface area contributed by atoms with Crippen LogP contribution in [0.2, 0.25) is 10.0 Å². The van der Waals surface area contributed by atoms with Gasteiger partial charge in [-0.05, 0) is 31.0 Å². The molecule has 1 N–H and O–H groups in total. The molecule has 1 aromatic rings. The third-order valence-corrected chi connectivity index (χ3v) is 8.14. The van der Waals surface area contributed by atoms with Gasteiger partial charge >= 0.3 is 5.97 Å². The Morgan fingerprint density at radius 2 is 1.69 bits per heavy atom. The van der Waals surface area contributed by atoms with Gasteiger partial charge in [0.15, 0.2) is 6.61 Å². The first-order valence-corrected chi connectivity index (χ1v) is 11.3. The maximum absolute atomic E-state index is 12.5. The number of fused-ring (bicyclic) bond motifs is 1. The Morgan fingerprint density at radius 3 is 2.24 bits per heavy atom. The van der Waals surface area contributed by atoms with Crippen molar-refractivity contribution in [3.63, 3.8) is 0 Å². The number of hydrogen-bond acceptors (Lipinski definition) is 5. The zero-order valence-corrected chi connectivity index (χ0v) is 19.6. The first kappa shape index (κ1) is 22.5. The second-order valence-electron chi connectivity index (χ2n) is 6.81. The summed E-state index contributed by atoms with van der Waals surface area (Å²) in [5, 5.41) is 3.14. The van der Waals surface area contributed by atoms with Crippen molar-refractivity contribution in [3.8, 4) is 0 Å². The molecule has 0 radical (unpaired) electrons. The van der Waals surface area contributed by atoms with Crippen LogP contribution in [0.15, 0.2) is 18.2 Å². The number of esters is 1. The number of carbonyl (C=O) groups is 4. The van der Waals surface area contributed by atoms with E-state index in [2.05, 4.69) is 37.2 Å². The van der Waals surface area contributed by atoms with Crippen LogP contribution in [0.5, 0.6) is 0 Å². The third-order valence-electron chi connectivity index (χ3n) is 4.86. The molecule has 3 rings (SSSR count). The number of nitrogens with one attached hydrogen (secondary N) is 1. The number of amides is 3. The van der Waals surface area contributed by atoms with Crippen LogP contribution in [-0.2, 0) is 23.9 Å². The van der Waals surface area contributed by atoms with Gasteiger partial charge in [0.05, 0.1) is 22.5 Å². The minimum atomic E-state index is -0.839. The van der Waals surface area contributed by atoms with Crippen molar-refractivity contribution >= 4 is 84.4 Å². The Bertz CT molecular complexity index is 841. The maximum atomic E-state index is 12.5. The Kier molecular flexibility index (Phi) is 7.24. The normalized spacial score (nSPS) is 26.3. The third kappa shape index (κ3) is 5.13. The summed E-state index contributed by atoms with van der Waals surface area (Å²) in [5.74, 6) is -3.09. The summed E-state index contributed by atoms with van der Waals surface area (Å²) in [6.45, 7) is -1.09. The van der Waals surface area contributed by atoms with Gasteiger partial charge in [-0.25, -0.2) is 0 Å². The first-order chi connectivity index (χ1) is 13.7. The molecule has 1 aliphatic carbocycles. The van der Waals surface area contributed by atoms with Crippen LogP contribution in [0.3, 0.4) is 0 Å². The van der Waals surface area contributed by atoms with Crippen LogP contribution < -0.4 is 5.32 Å². The molecule has 0 spiro atoms. The largest absolute Gasteiger partial charge is 0.454 e. The number of halogens is 4. The summed E-state index contributed by atoms with van der Waals surface area (Å²) < 4.78 is 4.91. The van der Waals surface area contributed by atoms with Gasteiger partial charge in [0.2, 0.25) is 11.8 Å². The zero-order valence-electron chi connectivity index (χ0n) is 14.9. The van der Waals surface area contributed by atoms with Crippen molar-refractivity contribution in [1.29, 1.82) is 0 Å². The minimum Gasteiger partial charge on any atom is -0.454 e. The lowest BCUT2D eigenvalue weighted by molar-refractivity contribution is -0.154. The summed E-state index contributed by atoms with van der Waals surface area (Å²) in [5.41, 5.74) is 0.319. The van der Waals surface area contributed by atoms with Crippen molar-refractivity contribution in [1.82, 2.24) is 4.90 Å². The number of alkyl halides is 2. The molecule has 2 fully saturated rings. The van der Waals surface area contributed by atoms with Gasteiger partial charge in [0.25, 0.3) is 5.91 Å². The summed E-state index contributed by atoms with van der Waals surface area (Å²) >= 11 is 18.8. The fourth-order valence-corrected chi connectivity index (χ4v) is 5.11. The lowest BCUT2D eigenvalue weighted by Crippen LogP contribution is -2.37. The van der Waals surface area contributed by atoms with Crippen LogP contribution in [0, 0.1) is 11.8 Å². The number of anilines is 1. The molecule has 1 aromatic carbocycles. The summed E-state index contributed by atoms with van der Waals surface area (Å²) in [6.07, 6.45) is 1.03. The Labute approximate surface area is 193 Å². The second kappa shape index (κ2) is 9.32. The number of ether oxygens (including phenoxy) is 1. The molecule has 1 saturated heterocycles. The fourth-order valence-electron chi connectivity index (χ4n) is 3.42. The van der Waals surface area contributed by atoms with E-state index in [4.69, 9.17) is 27.9 Å². The lowest BCUT2D eigenvalue weighted by atomic mass is 9.81. The highest BCUT2D eigenvalue weighted by Crippen LogP contribution is 2.43. The van der Waals surface area contributed by atoms with Crippen molar-refractivity contribution in [3.05, 3.63) is 28.2 Å². The molecule has 29 heavy (non-hydrogen) atoms. The first-order valence-electron chi connectivity index (χ1n) is 8.71. The highest BCUT2D eigenvalue weighted by molar-refractivity contribution is 9.12. The molecule has 4 atom stereocenters. The van der Waals surface area contributed by atoms with E-state index in [-0.39, 0.29) is 26.5 Å². The van der Waals surface area contributed by atoms with Crippen LogP contribution in [0.4, 0.5) is 5.69 Å². The van der Waals surface area contributed by atoms with Crippen LogP contribution in [0.1, 0.15) is 12.8 Å². The number of benzene rings is 1. The zero-order chi connectivity index (χ0) is 21.3. The van der Waals surface area contributed by atoms with E-state index in [1.807, 2.05) is 0 Å². The highest BCUT2D eigenvalue weighted by Gasteiger charge is 2.52. The standard InChI is InChI=1S/C18H16Br2Cl2N2O5/c19-11-4-9-10(5-12(11)20)18(28)24(17(9)27)6-16(26)29-7-15(25)23-14-2-1-8(21)3-13(14)22/h1-3,9-12H,4-7H2,(H,23,25)/t9-,10+,11-,12-/m0/s1. The van der Waals surface area contributed by atoms with E-state index in [1.54, 1.807) is 6.07 Å². The van der Waals surface area contributed by atoms with Gasteiger partial charge in [0.1, 0.15) is 6.54 Å². The number of hydrogen-bond donors (Lipinski definition) is 1. The Balaban J connectivity index is 1.52. The van der Waals surface area contributed by atoms with E-state index in [1.165, 1.54) is 12.1 Å². The van der Waals surface area contributed by atoms with Crippen LogP contribution in [-0.4, -0.2) is 51.4 Å². The SMILES string of the molecule is O=C(COC(=O)CN1C(=O)[C@H]2C[C@H](Br)[C@@H](Br)C[C@H]2C1=O)Nc1ccc(Cl)cc1Cl.